The summed E-state index contributed by atoms with van der Waals surface area (Å²) < 4.78 is 5.64. The van der Waals surface area contributed by atoms with Gasteiger partial charge in [0.1, 0.15) is 0 Å². The standard InChI is InChI=1S/C21H34N4O2/c1-4-16(2)25-20(26)19-8-5-7-18(13-19)14-24-21(22-3)23-11-6-12-27-15-17-9-10-17/h5,7-8,13,16-17H,4,6,9-12,14-15H2,1-3H3,(H,25,26)(H2,22,23,24). The minimum atomic E-state index is -0.0279. The van der Waals surface area contributed by atoms with Gasteiger partial charge in [0, 0.05) is 45.0 Å². The van der Waals surface area contributed by atoms with Gasteiger partial charge in [-0.2, -0.15) is 0 Å². The Bertz CT molecular complexity index is 614. The lowest BCUT2D eigenvalue weighted by Gasteiger charge is -2.14. The van der Waals surface area contributed by atoms with Gasteiger partial charge in [0.2, 0.25) is 0 Å². The molecule has 1 aromatic carbocycles. The third-order valence-electron chi connectivity index (χ3n) is 4.67. The Morgan fingerprint density at radius 1 is 1.33 bits per heavy atom. The van der Waals surface area contributed by atoms with E-state index < -0.39 is 0 Å². The highest BCUT2D eigenvalue weighted by molar-refractivity contribution is 5.94. The number of nitrogens with one attached hydrogen (secondary N) is 3. The van der Waals surface area contributed by atoms with E-state index in [1.165, 1.54) is 12.8 Å². The van der Waals surface area contributed by atoms with E-state index in [1.807, 2.05) is 31.2 Å². The van der Waals surface area contributed by atoms with E-state index in [0.717, 1.165) is 50.0 Å². The topological polar surface area (TPSA) is 74.8 Å². The van der Waals surface area contributed by atoms with Crippen molar-refractivity contribution >= 4 is 11.9 Å². The number of aliphatic imine (C=N–C) groups is 1. The summed E-state index contributed by atoms with van der Waals surface area (Å²) in [6.45, 7) is 7.20. The van der Waals surface area contributed by atoms with Crippen LogP contribution in [0, 0.1) is 5.92 Å². The molecule has 1 aliphatic carbocycles. The van der Waals surface area contributed by atoms with E-state index in [1.54, 1.807) is 7.05 Å². The quantitative estimate of drug-likeness (QED) is 0.316. The molecule has 27 heavy (non-hydrogen) atoms. The zero-order chi connectivity index (χ0) is 19.5. The van der Waals surface area contributed by atoms with Gasteiger partial charge in [0.25, 0.3) is 5.91 Å². The van der Waals surface area contributed by atoms with E-state index in [-0.39, 0.29) is 11.9 Å². The Morgan fingerprint density at radius 3 is 2.85 bits per heavy atom. The Morgan fingerprint density at radius 2 is 2.15 bits per heavy atom. The van der Waals surface area contributed by atoms with Gasteiger partial charge in [-0.15, -0.1) is 0 Å². The molecule has 0 aromatic heterocycles. The van der Waals surface area contributed by atoms with Gasteiger partial charge in [0.05, 0.1) is 0 Å². The normalized spacial score (nSPS) is 15.3. The molecule has 0 aliphatic heterocycles. The van der Waals surface area contributed by atoms with Crippen LogP contribution in [0.5, 0.6) is 0 Å². The summed E-state index contributed by atoms with van der Waals surface area (Å²) in [5, 5.41) is 9.58. The van der Waals surface area contributed by atoms with Crippen LogP contribution in [0.25, 0.3) is 0 Å². The largest absolute Gasteiger partial charge is 0.381 e. The first kappa shape index (κ1) is 21.2. The van der Waals surface area contributed by atoms with Gasteiger partial charge in [-0.3, -0.25) is 9.79 Å². The highest BCUT2D eigenvalue weighted by Crippen LogP contribution is 2.28. The maximum absolute atomic E-state index is 12.3. The molecular formula is C21H34N4O2. The summed E-state index contributed by atoms with van der Waals surface area (Å²) in [6, 6.07) is 7.86. The van der Waals surface area contributed by atoms with Crippen molar-refractivity contribution in [1.29, 1.82) is 0 Å². The number of rotatable bonds is 11. The molecule has 1 atom stereocenters. The first-order chi connectivity index (χ1) is 13.1. The van der Waals surface area contributed by atoms with E-state index in [9.17, 15) is 4.79 Å². The lowest BCUT2D eigenvalue weighted by Crippen LogP contribution is -2.37. The average molecular weight is 375 g/mol. The van der Waals surface area contributed by atoms with E-state index in [4.69, 9.17) is 4.74 Å². The third kappa shape index (κ3) is 8.43. The van der Waals surface area contributed by atoms with Crippen molar-refractivity contribution in [2.24, 2.45) is 10.9 Å². The van der Waals surface area contributed by atoms with Crippen molar-refractivity contribution in [3.8, 4) is 0 Å². The van der Waals surface area contributed by atoms with Crippen LogP contribution in [-0.4, -0.2) is 44.7 Å². The molecule has 0 radical (unpaired) electrons. The number of carbonyl (C=O) groups excluding carboxylic acids is 1. The van der Waals surface area contributed by atoms with Gasteiger partial charge >= 0.3 is 0 Å². The van der Waals surface area contributed by atoms with E-state index >= 15 is 0 Å². The second-order valence-corrected chi connectivity index (χ2v) is 7.21. The SMILES string of the molecule is CCC(C)NC(=O)c1cccc(CNC(=NC)NCCCOCC2CC2)c1. The monoisotopic (exact) mass is 374 g/mol. The first-order valence-corrected chi connectivity index (χ1v) is 10.0. The van der Waals surface area contributed by atoms with Crippen LogP contribution < -0.4 is 16.0 Å². The Balaban J connectivity index is 1.70. The number of nitrogens with zero attached hydrogens (tertiary/aromatic N) is 1. The Labute approximate surface area is 163 Å². The molecule has 0 spiro atoms. The van der Waals surface area contributed by atoms with Crippen molar-refractivity contribution in [2.45, 2.75) is 52.1 Å². The second-order valence-electron chi connectivity index (χ2n) is 7.21. The lowest BCUT2D eigenvalue weighted by molar-refractivity contribution is 0.0939. The average Bonchev–Trinajstić information content (AvgIpc) is 3.51. The predicted octanol–water partition coefficient (Wildman–Crippen LogP) is 2.70. The highest BCUT2D eigenvalue weighted by Gasteiger charge is 2.20. The van der Waals surface area contributed by atoms with E-state index in [2.05, 4.69) is 27.9 Å². The number of hydrogen-bond donors (Lipinski definition) is 3. The number of guanidine groups is 1. The molecule has 3 N–H and O–H groups in total. The van der Waals surface area contributed by atoms with Crippen LogP contribution >= 0.6 is 0 Å². The molecule has 0 saturated heterocycles. The summed E-state index contributed by atoms with van der Waals surface area (Å²) in [5.74, 6) is 1.54. The van der Waals surface area contributed by atoms with Crippen molar-refractivity contribution < 1.29 is 9.53 Å². The van der Waals surface area contributed by atoms with Crippen molar-refractivity contribution in [3.63, 3.8) is 0 Å². The first-order valence-electron chi connectivity index (χ1n) is 10.0. The summed E-state index contributed by atoms with van der Waals surface area (Å²) >= 11 is 0. The molecule has 1 aliphatic rings. The third-order valence-corrected chi connectivity index (χ3v) is 4.67. The second kappa shape index (κ2) is 11.6. The van der Waals surface area contributed by atoms with Crippen LogP contribution in [-0.2, 0) is 11.3 Å². The lowest BCUT2D eigenvalue weighted by atomic mass is 10.1. The molecule has 1 unspecified atom stereocenters. The fourth-order valence-electron chi connectivity index (χ4n) is 2.55. The zero-order valence-electron chi connectivity index (χ0n) is 16.9. The minimum Gasteiger partial charge on any atom is -0.381 e. The molecule has 1 fully saturated rings. The van der Waals surface area contributed by atoms with Crippen LogP contribution in [0.4, 0.5) is 0 Å². The number of ether oxygens (including phenoxy) is 1. The molecular weight excluding hydrogens is 340 g/mol. The smallest absolute Gasteiger partial charge is 0.251 e. The molecule has 2 rings (SSSR count). The van der Waals surface area contributed by atoms with Crippen LogP contribution in [0.1, 0.15) is 55.5 Å². The van der Waals surface area contributed by atoms with Gasteiger partial charge < -0.3 is 20.7 Å². The van der Waals surface area contributed by atoms with Crippen molar-refractivity contribution in [2.75, 3.05) is 26.8 Å². The fraction of sp³-hybridized carbons (Fsp3) is 0.619. The number of hydrogen-bond acceptors (Lipinski definition) is 3. The Hall–Kier alpha value is -2.08. The summed E-state index contributed by atoms with van der Waals surface area (Å²) in [6.07, 6.45) is 4.53. The maximum Gasteiger partial charge on any atom is 0.251 e. The van der Waals surface area contributed by atoms with Crippen LogP contribution in [0.15, 0.2) is 29.3 Å². The molecule has 0 heterocycles. The van der Waals surface area contributed by atoms with Crippen LogP contribution in [0.3, 0.4) is 0 Å². The fourth-order valence-corrected chi connectivity index (χ4v) is 2.55. The molecule has 1 amide bonds. The molecule has 150 valence electrons. The molecule has 1 aromatic rings. The maximum atomic E-state index is 12.3. The van der Waals surface area contributed by atoms with Crippen molar-refractivity contribution in [1.82, 2.24) is 16.0 Å². The van der Waals surface area contributed by atoms with E-state index in [0.29, 0.717) is 12.1 Å². The summed E-state index contributed by atoms with van der Waals surface area (Å²) in [7, 11) is 1.76. The van der Waals surface area contributed by atoms with Gasteiger partial charge in [0.15, 0.2) is 5.96 Å². The molecule has 0 bridgehead atoms. The number of benzene rings is 1. The highest BCUT2D eigenvalue weighted by atomic mass is 16.5. The predicted molar refractivity (Wildman–Crippen MR) is 110 cm³/mol. The van der Waals surface area contributed by atoms with Gasteiger partial charge in [-0.1, -0.05) is 19.1 Å². The summed E-state index contributed by atoms with van der Waals surface area (Å²) in [5.41, 5.74) is 1.73. The van der Waals surface area contributed by atoms with Crippen LogP contribution in [0.2, 0.25) is 0 Å². The zero-order valence-corrected chi connectivity index (χ0v) is 16.9. The number of amides is 1. The molecule has 6 nitrogen and oxygen atoms in total. The molecule has 1 saturated carbocycles. The summed E-state index contributed by atoms with van der Waals surface area (Å²) in [4.78, 5) is 16.5. The Kier molecular flexibility index (Phi) is 9.11. The van der Waals surface area contributed by atoms with Gasteiger partial charge in [-0.25, -0.2) is 0 Å². The van der Waals surface area contributed by atoms with Gasteiger partial charge in [-0.05, 0) is 56.2 Å². The minimum absolute atomic E-state index is 0.0279. The molecule has 6 heteroatoms. The number of carbonyl (C=O) groups is 1. The van der Waals surface area contributed by atoms with Crippen molar-refractivity contribution in [3.05, 3.63) is 35.4 Å².